The molecule has 1 aromatic heterocycles. The molecule has 0 aliphatic heterocycles. The van der Waals surface area contributed by atoms with E-state index in [-0.39, 0.29) is 5.91 Å². The van der Waals surface area contributed by atoms with Crippen LogP contribution in [-0.2, 0) is 6.42 Å². The van der Waals surface area contributed by atoms with E-state index >= 15 is 0 Å². The van der Waals surface area contributed by atoms with Gasteiger partial charge in [-0.15, -0.1) is 11.3 Å². The second kappa shape index (κ2) is 6.37. The van der Waals surface area contributed by atoms with Crippen molar-refractivity contribution in [2.24, 2.45) is 0 Å². The van der Waals surface area contributed by atoms with E-state index in [0.717, 1.165) is 11.3 Å². The number of hydrogen-bond acceptors (Lipinski definition) is 3. The van der Waals surface area contributed by atoms with Crippen LogP contribution in [0.25, 0.3) is 0 Å². The summed E-state index contributed by atoms with van der Waals surface area (Å²) in [5, 5.41) is 6.38. The Kier molecular flexibility index (Phi) is 4.80. The standard InChI is InChI=1S/C13H12Cl2N2OS/c1-8-7-19-13(17-8)12(18)16-5-4-9-2-3-10(14)6-11(9)15/h2-3,6-7H,4-5H2,1H3,(H,16,18). The van der Waals surface area contributed by atoms with Crippen molar-refractivity contribution >= 4 is 40.4 Å². The molecule has 6 heteroatoms. The first kappa shape index (κ1) is 14.3. The third-order valence-corrected chi connectivity index (χ3v) is 4.05. The molecule has 0 saturated heterocycles. The van der Waals surface area contributed by atoms with Crippen molar-refractivity contribution in [1.29, 1.82) is 0 Å². The van der Waals surface area contributed by atoms with E-state index in [1.54, 1.807) is 12.1 Å². The van der Waals surface area contributed by atoms with Gasteiger partial charge in [0.15, 0.2) is 5.01 Å². The number of benzene rings is 1. The second-order valence-electron chi connectivity index (χ2n) is 4.04. The molecule has 0 aliphatic rings. The van der Waals surface area contributed by atoms with Gasteiger partial charge in [0.1, 0.15) is 0 Å². The van der Waals surface area contributed by atoms with Gasteiger partial charge in [-0.2, -0.15) is 0 Å². The van der Waals surface area contributed by atoms with Crippen molar-refractivity contribution in [2.45, 2.75) is 13.3 Å². The first-order valence-corrected chi connectivity index (χ1v) is 7.34. The number of hydrogen-bond donors (Lipinski definition) is 1. The number of nitrogens with one attached hydrogen (secondary N) is 1. The van der Waals surface area contributed by atoms with Crippen molar-refractivity contribution in [3.05, 3.63) is 49.9 Å². The van der Waals surface area contributed by atoms with Gasteiger partial charge >= 0.3 is 0 Å². The predicted molar refractivity (Wildman–Crippen MR) is 79.4 cm³/mol. The molecular weight excluding hydrogens is 303 g/mol. The van der Waals surface area contributed by atoms with Crippen LogP contribution < -0.4 is 5.32 Å². The molecule has 0 radical (unpaired) electrons. The SMILES string of the molecule is Cc1csc(C(=O)NCCc2ccc(Cl)cc2Cl)n1. The molecule has 1 heterocycles. The van der Waals surface area contributed by atoms with Crippen molar-refractivity contribution in [1.82, 2.24) is 10.3 Å². The number of aromatic nitrogens is 1. The van der Waals surface area contributed by atoms with E-state index in [0.29, 0.717) is 28.0 Å². The van der Waals surface area contributed by atoms with Crippen LogP contribution >= 0.6 is 34.5 Å². The van der Waals surface area contributed by atoms with Crippen LogP contribution in [0.4, 0.5) is 0 Å². The summed E-state index contributed by atoms with van der Waals surface area (Å²) in [6.45, 7) is 2.37. The maximum absolute atomic E-state index is 11.8. The molecule has 1 N–H and O–H groups in total. The highest BCUT2D eigenvalue weighted by molar-refractivity contribution is 7.11. The van der Waals surface area contributed by atoms with Crippen molar-refractivity contribution in [3.8, 4) is 0 Å². The van der Waals surface area contributed by atoms with E-state index in [4.69, 9.17) is 23.2 Å². The molecule has 0 unspecified atom stereocenters. The largest absolute Gasteiger partial charge is 0.350 e. The van der Waals surface area contributed by atoms with Gasteiger partial charge in [-0.25, -0.2) is 4.98 Å². The Morgan fingerprint density at radius 1 is 1.42 bits per heavy atom. The van der Waals surface area contributed by atoms with Crippen LogP contribution in [-0.4, -0.2) is 17.4 Å². The Balaban J connectivity index is 1.88. The van der Waals surface area contributed by atoms with Crippen LogP contribution in [0.2, 0.25) is 10.0 Å². The highest BCUT2D eigenvalue weighted by atomic mass is 35.5. The number of rotatable bonds is 4. The summed E-state index contributed by atoms with van der Waals surface area (Å²) in [6.07, 6.45) is 0.659. The average molecular weight is 315 g/mol. The average Bonchev–Trinajstić information content (AvgIpc) is 2.78. The monoisotopic (exact) mass is 314 g/mol. The molecule has 0 fully saturated rings. The van der Waals surface area contributed by atoms with Crippen LogP contribution in [0.1, 0.15) is 21.1 Å². The van der Waals surface area contributed by atoms with Gasteiger partial charge < -0.3 is 5.32 Å². The lowest BCUT2D eigenvalue weighted by Crippen LogP contribution is -2.25. The molecule has 0 bridgehead atoms. The molecule has 0 spiro atoms. The Hall–Kier alpha value is -1.10. The quantitative estimate of drug-likeness (QED) is 0.934. The Morgan fingerprint density at radius 3 is 2.84 bits per heavy atom. The summed E-state index contributed by atoms with van der Waals surface area (Å²) in [6, 6.07) is 5.35. The number of carbonyl (C=O) groups excluding carboxylic acids is 1. The lowest BCUT2D eigenvalue weighted by Gasteiger charge is -2.05. The third kappa shape index (κ3) is 3.93. The number of halogens is 2. The zero-order valence-electron chi connectivity index (χ0n) is 10.2. The third-order valence-electron chi connectivity index (χ3n) is 2.51. The molecule has 1 aromatic carbocycles. The summed E-state index contributed by atoms with van der Waals surface area (Å²) in [5.41, 5.74) is 1.82. The number of amides is 1. The van der Waals surface area contributed by atoms with E-state index in [2.05, 4.69) is 10.3 Å². The minimum absolute atomic E-state index is 0.150. The summed E-state index contributed by atoms with van der Waals surface area (Å²) in [7, 11) is 0. The summed E-state index contributed by atoms with van der Waals surface area (Å²) in [5.74, 6) is -0.150. The highest BCUT2D eigenvalue weighted by Crippen LogP contribution is 2.21. The zero-order chi connectivity index (χ0) is 13.8. The minimum Gasteiger partial charge on any atom is -0.350 e. The lowest BCUT2D eigenvalue weighted by molar-refractivity contribution is 0.0953. The van der Waals surface area contributed by atoms with E-state index < -0.39 is 0 Å². The number of thiazole rings is 1. The van der Waals surface area contributed by atoms with E-state index in [9.17, 15) is 4.79 Å². The smallest absolute Gasteiger partial charge is 0.280 e. The van der Waals surface area contributed by atoms with Gasteiger partial charge in [-0.3, -0.25) is 4.79 Å². The van der Waals surface area contributed by atoms with Gasteiger partial charge in [-0.05, 0) is 31.0 Å². The molecule has 100 valence electrons. The van der Waals surface area contributed by atoms with Crippen molar-refractivity contribution < 1.29 is 4.79 Å². The van der Waals surface area contributed by atoms with Gasteiger partial charge in [0.05, 0.1) is 0 Å². The predicted octanol–water partition coefficient (Wildman–Crippen LogP) is 3.73. The summed E-state index contributed by atoms with van der Waals surface area (Å²) in [4.78, 5) is 15.9. The number of nitrogens with zero attached hydrogens (tertiary/aromatic N) is 1. The molecule has 1 amide bonds. The second-order valence-corrected chi connectivity index (χ2v) is 5.74. The molecule has 3 nitrogen and oxygen atoms in total. The fourth-order valence-corrected chi connectivity index (χ4v) is 2.78. The normalized spacial score (nSPS) is 10.5. The maximum atomic E-state index is 11.8. The topological polar surface area (TPSA) is 42.0 Å². The van der Waals surface area contributed by atoms with Crippen LogP contribution in [0.3, 0.4) is 0 Å². The van der Waals surface area contributed by atoms with Crippen LogP contribution in [0.5, 0.6) is 0 Å². The Labute approximate surface area is 125 Å². The molecule has 19 heavy (non-hydrogen) atoms. The fourth-order valence-electron chi connectivity index (χ4n) is 1.57. The molecular formula is C13H12Cl2N2OS. The number of aryl methyl sites for hydroxylation is 1. The van der Waals surface area contributed by atoms with Gasteiger partial charge in [0, 0.05) is 27.7 Å². The first-order valence-electron chi connectivity index (χ1n) is 5.70. The molecule has 0 atom stereocenters. The van der Waals surface area contributed by atoms with Crippen LogP contribution in [0.15, 0.2) is 23.6 Å². The van der Waals surface area contributed by atoms with Crippen molar-refractivity contribution in [2.75, 3.05) is 6.54 Å². The molecule has 2 rings (SSSR count). The molecule has 0 aliphatic carbocycles. The highest BCUT2D eigenvalue weighted by Gasteiger charge is 2.09. The summed E-state index contributed by atoms with van der Waals surface area (Å²) < 4.78 is 0. The Morgan fingerprint density at radius 2 is 2.21 bits per heavy atom. The van der Waals surface area contributed by atoms with E-state index in [1.807, 2.05) is 18.4 Å². The summed E-state index contributed by atoms with van der Waals surface area (Å²) >= 11 is 13.2. The van der Waals surface area contributed by atoms with E-state index in [1.165, 1.54) is 11.3 Å². The minimum atomic E-state index is -0.150. The maximum Gasteiger partial charge on any atom is 0.280 e. The zero-order valence-corrected chi connectivity index (χ0v) is 12.6. The lowest BCUT2D eigenvalue weighted by atomic mass is 10.1. The van der Waals surface area contributed by atoms with Gasteiger partial charge in [0.25, 0.3) is 5.91 Å². The molecule has 2 aromatic rings. The molecule has 0 saturated carbocycles. The first-order chi connectivity index (χ1) is 9.06. The fraction of sp³-hybridized carbons (Fsp3) is 0.231. The van der Waals surface area contributed by atoms with Gasteiger partial charge in [-0.1, -0.05) is 29.3 Å². The van der Waals surface area contributed by atoms with Crippen molar-refractivity contribution in [3.63, 3.8) is 0 Å². The number of carbonyl (C=O) groups is 1. The Bertz CT molecular complexity index is 598. The van der Waals surface area contributed by atoms with Crippen LogP contribution in [0, 0.1) is 6.92 Å². The van der Waals surface area contributed by atoms with Gasteiger partial charge in [0.2, 0.25) is 0 Å².